The highest BCUT2D eigenvalue weighted by molar-refractivity contribution is 8.18. The molecule has 0 saturated carbocycles. The van der Waals surface area contributed by atoms with Crippen molar-refractivity contribution in [1.82, 2.24) is 0 Å². The van der Waals surface area contributed by atoms with Crippen LogP contribution in [-0.4, -0.2) is 41.1 Å². The van der Waals surface area contributed by atoms with Gasteiger partial charge in [-0.3, -0.25) is 9.59 Å². The lowest BCUT2D eigenvalue weighted by Crippen LogP contribution is -2.44. The second-order valence-corrected chi connectivity index (χ2v) is 9.88. The minimum atomic E-state index is -0.469. The smallest absolute Gasteiger partial charge is 0.247 e. The van der Waals surface area contributed by atoms with Gasteiger partial charge in [-0.2, -0.15) is 0 Å². The van der Waals surface area contributed by atoms with E-state index in [1.54, 1.807) is 28.4 Å². The van der Waals surface area contributed by atoms with Gasteiger partial charge in [0, 0.05) is 11.1 Å². The van der Waals surface area contributed by atoms with E-state index in [-0.39, 0.29) is 16.4 Å². The van der Waals surface area contributed by atoms with Crippen molar-refractivity contribution in [3.63, 3.8) is 0 Å². The molecule has 136 valence electrons. The average Bonchev–Trinajstić information content (AvgIpc) is 2.60. The number of ether oxygens (including phenoxy) is 1. The van der Waals surface area contributed by atoms with Crippen LogP contribution in [0.2, 0.25) is 0 Å². The molecule has 1 N–H and O–H groups in total. The van der Waals surface area contributed by atoms with E-state index < -0.39 is 5.41 Å². The largest absolute Gasteiger partial charge is 0.490 e. The molecule has 2 amide bonds. The van der Waals surface area contributed by atoms with Gasteiger partial charge in [-0.15, -0.1) is 23.5 Å². The second-order valence-electron chi connectivity index (χ2n) is 7.15. The van der Waals surface area contributed by atoms with Gasteiger partial charge in [0.25, 0.3) is 0 Å². The molecule has 0 radical (unpaired) electrons. The van der Waals surface area contributed by atoms with Gasteiger partial charge in [-0.05, 0) is 36.1 Å². The number of hydrogen-bond acceptors (Lipinski definition) is 5. The third-order valence-corrected chi connectivity index (χ3v) is 6.92. The lowest BCUT2D eigenvalue weighted by molar-refractivity contribution is -0.126. The maximum atomic E-state index is 12.7. The first-order valence-corrected chi connectivity index (χ1v) is 10.6. The maximum Gasteiger partial charge on any atom is 0.247 e. The first kappa shape index (κ1) is 18.5. The summed E-state index contributed by atoms with van der Waals surface area (Å²) in [5, 5.41) is 2.99. The van der Waals surface area contributed by atoms with Crippen LogP contribution in [-0.2, 0) is 9.59 Å². The Hall–Kier alpha value is -1.34. The predicted octanol–water partition coefficient (Wildman–Crippen LogP) is 3.59. The molecule has 1 saturated heterocycles. The van der Waals surface area contributed by atoms with Crippen LogP contribution in [0.15, 0.2) is 18.2 Å². The highest BCUT2D eigenvalue weighted by Gasteiger charge is 2.32. The van der Waals surface area contributed by atoms with E-state index in [4.69, 9.17) is 4.74 Å². The second kappa shape index (κ2) is 7.50. The number of amides is 2. The Morgan fingerprint density at radius 1 is 1.24 bits per heavy atom. The van der Waals surface area contributed by atoms with Crippen molar-refractivity contribution in [2.24, 2.45) is 5.41 Å². The topological polar surface area (TPSA) is 58.6 Å². The molecular weight excluding hydrogens is 356 g/mol. The number of carbonyl (C=O) groups is 2. The van der Waals surface area contributed by atoms with E-state index in [1.165, 1.54) is 0 Å². The monoisotopic (exact) mass is 380 g/mol. The van der Waals surface area contributed by atoms with Crippen molar-refractivity contribution < 1.29 is 14.3 Å². The highest BCUT2D eigenvalue weighted by atomic mass is 32.2. The molecule has 1 aromatic carbocycles. The number of anilines is 2. The molecule has 2 heterocycles. The molecule has 3 rings (SSSR count). The van der Waals surface area contributed by atoms with Crippen LogP contribution in [0.5, 0.6) is 5.75 Å². The Labute approximate surface area is 157 Å². The lowest BCUT2D eigenvalue weighted by atomic mass is 9.94. The third-order valence-electron chi connectivity index (χ3n) is 4.02. The Bertz CT molecular complexity index is 667. The van der Waals surface area contributed by atoms with Crippen molar-refractivity contribution in [2.45, 2.75) is 31.8 Å². The fraction of sp³-hybridized carbons (Fsp3) is 0.556. The van der Waals surface area contributed by atoms with E-state index >= 15 is 0 Å². The Balaban J connectivity index is 1.79. The standard InChI is InChI=1S/C18H24N2O3S2/c1-18(2,3)17(22)20-7-8-23-14-6-5-12(11-13(14)20)19-15(21)16-24-9-4-10-25-16/h5-6,11,16H,4,7-10H2,1-3H3,(H,19,21). The molecule has 2 aliphatic heterocycles. The molecule has 5 nitrogen and oxygen atoms in total. The van der Waals surface area contributed by atoms with Gasteiger partial charge in [0.2, 0.25) is 11.8 Å². The van der Waals surface area contributed by atoms with Gasteiger partial charge in [0.1, 0.15) is 16.9 Å². The van der Waals surface area contributed by atoms with Crippen molar-refractivity contribution in [3.8, 4) is 5.75 Å². The zero-order valence-corrected chi connectivity index (χ0v) is 16.5. The summed E-state index contributed by atoms with van der Waals surface area (Å²) in [6, 6.07) is 5.50. The molecule has 0 aromatic heterocycles. The van der Waals surface area contributed by atoms with Gasteiger partial charge in [-0.25, -0.2) is 0 Å². The number of nitrogens with one attached hydrogen (secondary N) is 1. The molecule has 1 aromatic rings. The number of hydrogen-bond donors (Lipinski definition) is 1. The summed E-state index contributed by atoms with van der Waals surface area (Å²) in [7, 11) is 0. The van der Waals surface area contributed by atoms with Crippen molar-refractivity contribution >= 4 is 46.7 Å². The average molecular weight is 381 g/mol. The minimum absolute atomic E-state index is 0.0140. The summed E-state index contributed by atoms with van der Waals surface area (Å²) in [5.41, 5.74) is 0.962. The van der Waals surface area contributed by atoms with Crippen LogP contribution in [0, 0.1) is 5.41 Å². The van der Waals surface area contributed by atoms with Crippen molar-refractivity contribution in [2.75, 3.05) is 34.9 Å². The summed E-state index contributed by atoms with van der Waals surface area (Å²) in [6.07, 6.45) is 1.15. The quantitative estimate of drug-likeness (QED) is 0.850. The molecule has 0 spiro atoms. The first-order valence-electron chi connectivity index (χ1n) is 8.49. The van der Waals surface area contributed by atoms with Gasteiger partial charge in [0.15, 0.2) is 0 Å². The van der Waals surface area contributed by atoms with Gasteiger partial charge in [-0.1, -0.05) is 20.8 Å². The molecule has 7 heteroatoms. The molecule has 2 aliphatic rings. The zero-order valence-electron chi connectivity index (χ0n) is 14.8. The van der Waals surface area contributed by atoms with Crippen molar-refractivity contribution in [3.05, 3.63) is 18.2 Å². The summed E-state index contributed by atoms with van der Waals surface area (Å²) in [4.78, 5) is 26.9. The van der Waals surface area contributed by atoms with Crippen LogP contribution < -0.4 is 15.0 Å². The molecular formula is C18H24N2O3S2. The van der Waals surface area contributed by atoms with Crippen LogP contribution in [0.25, 0.3) is 0 Å². The van der Waals surface area contributed by atoms with Gasteiger partial charge in [0.05, 0.1) is 12.2 Å². The van der Waals surface area contributed by atoms with Gasteiger partial charge < -0.3 is 15.0 Å². The fourth-order valence-electron chi connectivity index (χ4n) is 2.75. The van der Waals surface area contributed by atoms with Crippen LogP contribution in [0.1, 0.15) is 27.2 Å². The molecule has 0 atom stereocenters. The van der Waals surface area contributed by atoms with Crippen LogP contribution in [0.4, 0.5) is 11.4 Å². The Morgan fingerprint density at radius 3 is 2.64 bits per heavy atom. The van der Waals surface area contributed by atoms with Crippen molar-refractivity contribution in [1.29, 1.82) is 0 Å². The predicted molar refractivity (Wildman–Crippen MR) is 106 cm³/mol. The molecule has 0 unspecified atom stereocenters. The number of fused-ring (bicyclic) bond motifs is 1. The zero-order chi connectivity index (χ0) is 18.0. The highest BCUT2D eigenvalue weighted by Crippen LogP contribution is 2.37. The number of nitrogens with zero attached hydrogens (tertiary/aromatic N) is 1. The number of thioether (sulfide) groups is 2. The normalized spacial score (nSPS) is 18.3. The van der Waals surface area contributed by atoms with Crippen LogP contribution >= 0.6 is 23.5 Å². The molecule has 1 fully saturated rings. The number of carbonyl (C=O) groups excluding carboxylic acids is 2. The number of benzene rings is 1. The summed E-state index contributed by atoms with van der Waals surface area (Å²) >= 11 is 3.38. The SMILES string of the molecule is CC(C)(C)C(=O)N1CCOc2ccc(NC(=O)C3SCCCS3)cc21. The Kier molecular flexibility index (Phi) is 5.53. The van der Waals surface area contributed by atoms with Gasteiger partial charge >= 0.3 is 0 Å². The number of rotatable bonds is 2. The molecule has 0 aliphatic carbocycles. The van der Waals surface area contributed by atoms with E-state index in [9.17, 15) is 9.59 Å². The lowest BCUT2D eigenvalue weighted by Gasteiger charge is -2.34. The van der Waals surface area contributed by atoms with E-state index in [0.29, 0.717) is 24.6 Å². The van der Waals surface area contributed by atoms with E-state index in [1.807, 2.05) is 39.0 Å². The maximum absolute atomic E-state index is 12.7. The fourth-order valence-corrected chi connectivity index (χ4v) is 5.37. The summed E-state index contributed by atoms with van der Waals surface area (Å²) < 4.78 is 5.62. The summed E-state index contributed by atoms with van der Waals surface area (Å²) in [6.45, 7) is 6.74. The third kappa shape index (κ3) is 4.26. The minimum Gasteiger partial charge on any atom is -0.490 e. The summed E-state index contributed by atoms with van der Waals surface area (Å²) in [5.74, 6) is 2.80. The van der Waals surface area contributed by atoms with Crippen LogP contribution in [0.3, 0.4) is 0 Å². The molecule has 0 bridgehead atoms. The first-order chi connectivity index (χ1) is 11.9. The Morgan fingerprint density at radius 2 is 1.96 bits per heavy atom. The van der Waals surface area contributed by atoms with E-state index in [2.05, 4.69) is 5.32 Å². The molecule has 25 heavy (non-hydrogen) atoms. The van der Waals surface area contributed by atoms with E-state index in [0.717, 1.165) is 23.6 Å².